The van der Waals surface area contributed by atoms with Crippen molar-refractivity contribution in [1.82, 2.24) is 10.0 Å². The molecule has 1 heterocycles. The second-order valence-corrected chi connectivity index (χ2v) is 8.77. The molecule has 0 aliphatic rings. The first-order valence-electron chi connectivity index (χ1n) is 9.12. The molecule has 1 amide bonds. The summed E-state index contributed by atoms with van der Waals surface area (Å²) in [6.07, 6.45) is 0. The molecule has 7 nitrogen and oxygen atoms in total. The number of carbonyl (C=O) groups excluding carboxylic acids is 1. The normalized spacial score (nSPS) is 11.7. The van der Waals surface area contributed by atoms with Crippen molar-refractivity contribution in [2.75, 3.05) is 0 Å². The highest BCUT2D eigenvalue weighted by atomic mass is 32.2. The second kappa shape index (κ2) is 8.59. The average Bonchev–Trinajstić information content (AvgIpc) is 2.65. The van der Waals surface area contributed by atoms with Crippen LogP contribution in [0.4, 0.5) is 0 Å². The SMILES string of the molecule is CC(C)NS(=O)(=O)Cc1ccc(CNC(=O)c2cc3ccccc3oc2=O)cc1. The lowest BCUT2D eigenvalue weighted by Gasteiger charge is -2.10. The van der Waals surface area contributed by atoms with Crippen LogP contribution in [-0.4, -0.2) is 20.4 Å². The Labute approximate surface area is 168 Å². The van der Waals surface area contributed by atoms with Crippen LogP contribution in [0.2, 0.25) is 0 Å². The predicted octanol–water partition coefficient (Wildman–Crippen LogP) is 2.55. The summed E-state index contributed by atoms with van der Waals surface area (Å²) >= 11 is 0. The third kappa shape index (κ3) is 5.52. The van der Waals surface area contributed by atoms with Gasteiger partial charge in [0.05, 0.1) is 5.75 Å². The predicted molar refractivity (Wildman–Crippen MR) is 111 cm³/mol. The summed E-state index contributed by atoms with van der Waals surface area (Å²) in [5.41, 5.74) is 1.09. The molecule has 0 saturated carbocycles. The van der Waals surface area contributed by atoms with E-state index in [4.69, 9.17) is 4.42 Å². The molecule has 8 heteroatoms. The van der Waals surface area contributed by atoms with Gasteiger partial charge < -0.3 is 9.73 Å². The van der Waals surface area contributed by atoms with Gasteiger partial charge in [0, 0.05) is 18.0 Å². The topological polar surface area (TPSA) is 105 Å². The first-order valence-corrected chi connectivity index (χ1v) is 10.8. The highest BCUT2D eigenvalue weighted by Crippen LogP contribution is 2.13. The van der Waals surface area contributed by atoms with Crippen LogP contribution < -0.4 is 15.7 Å². The van der Waals surface area contributed by atoms with E-state index in [-0.39, 0.29) is 23.9 Å². The lowest BCUT2D eigenvalue weighted by molar-refractivity contribution is 0.0947. The van der Waals surface area contributed by atoms with E-state index in [1.807, 2.05) is 0 Å². The standard InChI is InChI=1S/C21H22N2O5S/c1-14(2)23-29(26,27)13-16-9-7-15(8-10-16)12-22-20(24)18-11-17-5-3-4-6-19(17)28-21(18)25/h3-11,14,23H,12-13H2,1-2H3,(H,22,24). The van der Waals surface area contributed by atoms with Gasteiger partial charge in [0.1, 0.15) is 11.1 Å². The first-order chi connectivity index (χ1) is 13.7. The van der Waals surface area contributed by atoms with E-state index in [2.05, 4.69) is 10.0 Å². The van der Waals surface area contributed by atoms with Crippen LogP contribution in [0.3, 0.4) is 0 Å². The van der Waals surface area contributed by atoms with Gasteiger partial charge in [0.2, 0.25) is 10.0 Å². The van der Waals surface area contributed by atoms with Gasteiger partial charge in [-0.05, 0) is 37.1 Å². The number of sulfonamides is 1. The largest absolute Gasteiger partial charge is 0.422 e. The van der Waals surface area contributed by atoms with Gasteiger partial charge in [-0.15, -0.1) is 0 Å². The van der Waals surface area contributed by atoms with Crippen LogP contribution in [0.25, 0.3) is 11.0 Å². The summed E-state index contributed by atoms with van der Waals surface area (Å²) in [5.74, 6) is -0.645. The fourth-order valence-corrected chi connectivity index (χ4v) is 4.30. The maximum absolute atomic E-state index is 12.4. The number of para-hydroxylation sites is 1. The van der Waals surface area contributed by atoms with E-state index in [1.54, 1.807) is 62.4 Å². The van der Waals surface area contributed by atoms with Crippen molar-refractivity contribution < 1.29 is 17.6 Å². The van der Waals surface area contributed by atoms with Crippen molar-refractivity contribution in [1.29, 1.82) is 0 Å². The fourth-order valence-electron chi connectivity index (χ4n) is 2.87. The minimum atomic E-state index is -3.40. The van der Waals surface area contributed by atoms with Crippen molar-refractivity contribution in [3.63, 3.8) is 0 Å². The third-order valence-electron chi connectivity index (χ3n) is 4.13. The minimum absolute atomic E-state index is 0.0637. The molecule has 0 unspecified atom stereocenters. The van der Waals surface area contributed by atoms with Crippen LogP contribution in [0, 0.1) is 0 Å². The van der Waals surface area contributed by atoms with Crippen molar-refractivity contribution >= 4 is 26.9 Å². The highest BCUT2D eigenvalue weighted by molar-refractivity contribution is 7.88. The van der Waals surface area contributed by atoms with Gasteiger partial charge in [-0.25, -0.2) is 17.9 Å². The minimum Gasteiger partial charge on any atom is -0.422 e. The quantitative estimate of drug-likeness (QED) is 0.578. The molecule has 0 atom stereocenters. The molecule has 0 saturated heterocycles. The number of fused-ring (bicyclic) bond motifs is 1. The fraction of sp³-hybridized carbons (Fsp3) is 0.238. The van der Waals surface area contributed by atoms with E-state index in [9.17, 15) is 18.0 Å². The molecule has 3 aromatic rings. The van der Waals surface area contributed by atoms with Crippen LogP contribution in [-0.2, 0) is 22.3 Å². The molecule has 2 N–H and O–H groups in total. The van der Waals surface area contributed by atoms with Crippen molar-refractivity contribution in [3.05, 3.63) is 81.7 Å². The zero-order chi connectivity index (χ0) is 21.0. The monoisotopic (exact) mass is 414 g/mol. The summed E-state index contributed by atoms with van der Waals surface area (Å²) in [7, 11) is -3.40. The lowest BCUT2D eigenvalue weighted by atomic mass is 10.1. The number of hydrogen-bond acceptors (Lipinski definition) is 5. The Kier molecular flexibility index (Phi) is 6.14. The van der Waals surface area contributed by atoms with E-state index >= 15 is 0 Å². The Hall–Kier alpha value is -2.97. The van der Waals surface area contributed by atoms with Gasteiger partial charge in [0.25, 0.3) is 5.91 Å². The number of hydrogen-bond donors (Lipinski definition) is 2. The van der Waals surface area contributed by atoms with Crippen molar-refractivity contribution in [2.24, 2.45) is 0 Å². The number of benzene rings is 2. The molecule has 0 radical (unpaired) electrons. The zero-order valence-corrected chi connectivity index (χ0v) is 17.0. The Balaban J connectivity index is 1.65. The maximum Gasteiger partial charge on any atom is 0.349 e. The average molecular weight is 414 g/mol. The molecular formula is C21H22N2O5S. The number of carbonyl (C=O) groups is 1. The van der Waals surface area contributed by atoms with Gasteiger partial charge in [-0.2, -0.15) is 0 Å². The van der Waals surface area contributed by atoms with Gasteiger partial charge in [-0.3, -0.25) is 4.79 Å². The molecule has 152 valence electrons. The van der Waals surface area contributed by atoms with Gasteiger partial charge >= 0.3 is 5.63 Å². The molecule has 0 bridgehead atoms. The molecule has 0 aliphatic carbocycles. The Morgan fingerprint density at radius 2 is 1.69 bits per heavy atom. The molecule has 3 rings (SSSR count). The van der Waals surface area contributed by atoms with E-state index in [0.29, 0.717) is 16.5 Å². The second-order valence-electron chi connectivity index (χ2n) is 7.02. The van der Waals surface area contributed by atoms with Crippen molar-refractivity contribution in [2.45, 2.75) is 32.2 Å². The Morgan fingerprint density at radius 3 is 2.38 bits per heavy atom. The van der Waals surface area contributed by atoms with Crippen LogP contribution in [0.5, 0.6) is 0 Å². The third-order valence-corrected chi connectivity index (χ3v) is 5.68. The summed E-state index contributed by atoms with van der Waals surface area (Å²) in [6.45, 7) is 3.72. The van der Waals surface area contributed by atoms with Crippen LogP contribution in [0.15, 0.2) is 63.8 Å². The van der Waals surface area contributed by atoms with Gasteiger partial charge in [-0.1, -0.05) is 42.5 Å². The summed E-state index contributed by atoms with van der Waals surface area (Å²) in [4.78, 5) is 24.4. The van der Waals surface area contributed by atoms with E-state index < -0.39 is 21.6 Å². The molecule has 0 fully saturated rings. The zero-order valence-electron chi connectivity index (χ0n) is 16.1. The Morgan fingerprint density at radius 1 is 1.03 bits per heavy atom. The maximum atomic E-state index is 12.4. The molecule has 0 aliphatic heterocycles. The van der Waals surface area contributed by atoms with E-state index in [0.717, 1.165) is 5.56 Å². The smallest absolute Gasteiger partial charge is 0.349 e. The lowest BCUT2D eigenvalue weighted by Crippen LogP contribution is -2.31. The summed E-state index contributed by atoms with van der Waals surface area (Å²) in [5, 5.41) is 3.35. The number of amides is 1. The van der Waals surface area contributed by atoms with E-state index in [1.165, 1.54) is 6.07 Å². The Bertz CT molecular complexity index is 1180. The van der Waals surface area contributed by atoms with Crippen LogP contribution in [0.1, 0.15) is 35.3 Å². The summed E-state index contributed by atoms with van der Waals surface area (Å²) in [6, 6.07) is 15.2. The molecule has 1 aromatic heterocycles. The highest BCUT2D eigenvalue weighted by Gasteiger charge is 2.14. The molecule has 0 spiro atoms. The number of nitrogens with one attached hydrogen (secondary N) is 2. The van der Waals surface area contributed by atoms with Crippen LogP contribution >= 0.6 is 0 Å². The number of rotatable bonds is 7. The molecular weight excluding hydrogens is 392 g/mol. The van der Waals surface area contributed by atoms with Crippen molar-refractivity contribution in [3.8, 4) is 0 Å². The molecule has 29 heavy (non-hydrogen) atoms. The molecule has 2 aromatic carbocycles. The van der Waals surface area contributed by atoms with Gasteiger partial charge in [0.15, 0.2) is 0 Å². The summed E-state index contributed by atoms with van der Waals surface area (Å²) < 4.78 is 31.7. The first kappa shape index (κ1) is 20.8.